The molecule has 2 rings (SSSR count). The van der Waals surface area contributed by atoms with Crippen molar-refractivity contribution in [1.29, 1.82) is 0 Å². The molecule has 2 aliphatic carbocycles. The quantitative estimate of drug-likeness (QED) is 0.144. The number of hydrogen-bond donors (Lipinski definition) is 1. The van der Waals surface area contributed by atoms with Gasteiger partial charge in [0.05, 0.1) is 5.60 Å². The van der Waals surface area contributed by atoms with E-state index in [1.165, 1.54) is 0 Å². The smallest absolute Gasteiger partial charge is 0.414 e. The van der Waals surface area contributed by atoms with Crippen LogP contribution in [-0.4, -0.2) is 51.4 Å². The maximum Gasteiger partial charge on any atom is 0.438 e. The molecule has 0 heterocycles. The van der Waals surface area contributed by atoms with Crippen LogP contribution in [0.1, 0.15) is 107 Å². The maximum atomic E-state index is 13.5. The molecule has 0 aromatic heterocycles. The number of alkyl halides is 6. The molecule has 0 spiro atoms. The maximum absolute atomic E-state index is 13.5. The van der Waals surface area contributed by atoms with Gasteiger partial charge in [-0.05, 0) is 119 Å². The summed E-state index contributed by atoms with van der Waals surface area (Å²) in [7, 11) is -4.95. The van der Waals surface area contributed by atoms with Crippen LogP contribution in [0.25, 0.3) is 0 Å². The molecule has 0 bridgehead atoms. The summed E-state index contributed by atoms with van der Waals surface area (Å²) in [4.78, 5) is 0. The fourth-order valence-electron chi connectivity index (χ4n) is 6.88. The van der Waals surface area contributed by atoms with Crippen LogP contribution in [0.2, 0.25) is 37.8 Å². The third-order valence-electron chi connectivity index (χ3n) is 10.00. The van der Waals surface area contributed by atoms with E-state index in [0.717, 1.165) is 31.6 Å². The van der Waals surface area contributed by atoms with Crippen molar-refractivity contribution < 1.29 is 48.5 Å². The minimum absolute atomic E-state index is 0.0302. The van der Waals surface area contributed by atoms with Crippen LogP contribution in [0.15, 0.2) is 0 Å². The highest BCUT2D eigenvalue weighted by Gasteiger charge is 2.70. The molecule has 0 aromatic carbocycles. The molecule has 0 unspecified atom stereocenters. The second-order valence-corrected chi connectivity index (χ2v) is 24.7. The minimum Gasteiger partial charge on any atom is -0.414 e. The molecule has 0 aromatic rings. The van der Waals surface area contributed by atoms with Crippen LogP contribution >= 0.6 is 0 Å². The third kappa shape index (κ3) is 9.27. The number of halogens is 6. The fraction of sp³-hybridized carbons (Fsp3) is 0.938. The van der Waals surface area contributed by atoms with Crippen molar-refractivity contribution in [3.05, 3.63) is 0 Å². The van der Waals surface area contributed by atoms with Gasteiger partial charge in [0.2, 0.25) is 0 Å². The third-order valence-corrected chi connectivity index (χ3v) is 15.5. The molecule has 0 amide bonds. The zero-order chi connectivity index (χ0) is 38.5. The molecule has 1 N–H and O–H groups in total. The monoisotopic (exact) mass is 664 g/mol. The van der Waals surface area contributed by atoms with Gasteiger partial charge >= 0.3 is 18.0 Å². The van der Waals surface area contributed by atoms with E-state index < -0.39 is 78.1 Å². The van der Waals surface area contributed by atoms with Gasteiger partial charge in [0.1, 0.15) is 0 Å². The van der Waals surface area contributed by atoms with Crippen molar-refractivity contribution in [2.75, 3.05) is 0 Å². The second-order valence-electron chi connectivity index (χ2n) is 15.5. The van der Waals surface area contributed by atoms with Gasteiger partial charge in [-0.25, -0.2) is 0 Å². The lowest BCUT2D eigenvalue weighted by molar-refractivity contribution is -0.343. The molecule has 252 valence electrons. The Hall–Kier alpha value is -0.546. The number of aliphatic hydroxyl groups is 1. The Bertz CT molecular complexity index is 1170. The first-order valence-electron chi connectivity index (χ1n) is 18.3. The molecule has 43 heavy (non-hydrogen) atoms. The molecule has 0 aliphatic heterocycles. The number of hydrogen-bond acceptors (Lipinski definition) is 3. The topological polar surface area (TPSA) is 38.7 Å². The molecule has 2 fully saturated rings. The Morgan fingerprint density at radius 3 is 2.05 bits per heavy atom. The summed E-state index contributed by atoms with van der Waals surface area (Å²) in [6, 6.07) is 0. The van der Waals surface area contributed by atoms with Crippen molar-refractivity contribution in [3.63, 3.8) is 0 Å². The van der Waals surface area contributed by atoms with Crippen LogP contribution in [0.5, 0.6) is 0 Å². The molecule has 0 saturated heterocycles. The van der Waals surface area contributed by atoms with Crippen LogP contribution in [-0.2, 0) is 8.85 Å². The van der Waals surface area contributed by atoms with Crippen molar-refractivity contribution in [2.45, 2.75) is 167 Å². The standard InChI is InChI=1S/C32H56F6O3Si2/c1-27(2,3)43(10,11)40-26-17-14-21-29(6)24(18-19-25(26)29)23(15-12-20-28(4,5)41-42(7,8)9)16-13-22-30(39,31(33,34)35)32(36,37)38/h23-26,39H,12,14-21H2,1-11H3/t23-,24-,25+,26+,29-/m1/s1/i4D3,5D3. The van der Waals surface area contributed by atoms with E-state index in [-0.39, 0.29) is 35.8 Å². The van der Waals surface area contributed by atoms with Gasteiger partial charge in [-0.15, -0.1) is 0 Å². The molecule has 3 nitrogen and oxygen atoms in total. The first kappa shape index (κ1) is 29.8. The summed E-state index contributed by atoms with van der Waals surface area (Å²) in [6.07, 6.45) is -9.32. The van der Waals surface area contributed by atoms with Gasteiger partial charge in [-0.3, -0.25) is 0 Å². The summed E-state index contributed by atoms with van der Waals surface area (Å²) in [5.74, 6) is 2.37. The first-order chi connectivity index (χ1) is 21.6. The van der Waals surface area contributed by atoms with E-state index in [1.54, 1.807) is 19.6 Å². The van der Waals surface area contributed by atoms with Gasteiger partial charge in [0.15, 0.2) is 16.6 Å². The molecule has 5 atom stereocenters. The molecule has 2 saturated carbocycles. The van der Waals surface area contributed by atoms with E-state index in [9.17, 15) is 31.4 Å². The van der Waals surface area contributed by atoms with Gasteiger partial charge in [0.25, 0.3) is 0 Å². The molecular weight excluding hydrogens is 603 g/mol. The predicted molar refractivity (Wildman–Crippen MR) is 166 cm³/mol. The Balaban J connectivity index is 2.57. The minimum atomic E-state index is -6.09. The van der Waals surface area contributed by atoms with Crippen LogP contribution < -0.4 is 0 Å². The molecule has 11 heteroatoms. The van der Waals surface area contributed by atoms with Gasteiger partial charge in [-0.2, -0.15) is 26.3 Å². The Morgan fingerprint density at radius 1 is 0.977 bits per heavy atom. The zero-order valence-corrected chi connectivity index (χ0v) is 29.2. The van der Waals surface area contributed by atoms with E-state index in [1.807, 2.05) is 5.92 Å². The summed E-state index contributed by atoms with van der Waals surface area (Å²) in [6.45, 7) is 11.7. The molecular formula is C32H56F6O3Si2. The highest BCUT2D eigenvalue weighted by molar-refractivity contribution is 6.74. The summed E-state index contributed by atoms with van der Waals surface area (Å²) in [5.41, 5.74) is -8.13. The van der Waals surface area contributed by atoms with Crippen molar-refractivity contribution in [3.8, 4) is 11.8 Å². The van der Waals surface area contributed by atoms with Gasteiger partial charge < -0.3 is 14.0 Å². The Kier molecular flexibility index (Phi) is 8.96. The lowest BCUT2D eigenvalue weighted by Gasteiger charge is -2.50. The van der Waals surface area contributed by atoms with Crippen LogP contribution in [0.3, 0.4) is 0 Å². The molecule has 2 aliphatic rings. The van der Waals surface area contributed by atoms with Crippen LogP contribution in [0, 0.1) is 35.0 Å². The average Bonchev–Trinajstić information content (AvgIpc) is 3.20. The molecule has 0 radical (unpaired) electrons. The number of fused-ring (bicyclic) bond motifs is 1. The highest BCUT2D eigenvalue weighted by atomic mass is 28.4. The van der Waals surface area contributed by atoms with E-state index >= 15 is 0 Å². The fourth-order valence-corrected chi connectivity index (χ4v) is 9.42. The largest absolute Gasteiger partial charge is 0.438 e. The lowest BCUT2D eigenvalue weighted by atomic mass is 9.60. The van der Waals surface area contributed by atoms with E-state index in [0.29, 0.717) is 6.42 Å². The zero-order valence-electron chi connectivity index (χ0n) is 33.2. The Morgan fingerprint density at radius 2 is 1.56 bits per heavy atom. The van der Waals surface area contributed by atoms with Crippen LogP contribution in [0.4, 0.5) is 26.3 Å². The SMILES string of the molecule is [2H]C([2H])([2H])C(CCC[C@H](CC#CC(O)(C(F)(F)F)C(F)(F)F)[C@H]1CC[C@H]2[C@@H](O[Si](C)(C)C(C)(C)C)CCC[C@]12C)(O[Si](C)(C)C)C([2H])([2H])[2H]. The normalized spacial score (nSPS) is 29.6. The van der Waals surface area contributed by atoms with Crippen molar-refractivity contribution in [2.24, 2.45) is 23.2 Å². The van der Waals surface area contributed by atoms with Gasteiger partial charge in [-0.1, -0.05) is 46.5 Å². The van der Waals surface area contributed by atoms with Crippen molar-refractivity contribution >= 4 is 16.6 Å². The highest BCUT2D eigenvalue weighted by Crippen LogP contribution is 2.60. The number of rotatable bonds is 10. The van der Waals surface area contributed by atoms with Gasteiger partial charge in [0, 0.05) is 20.7 Å². The van der Waals surface area contributed by atoms with Crippen molar-refractivity contribution in [1.82, 2.24) is 0 Å². The van der Waals surface area contributed by atoms with E-state index in [4.69, 9.17) is 17.1 Å². The van der Waals surface area contributed by atoms with E-state index in [2.05, 4.69) is 40.8 Å². The second kappa shape index (κ2) is 12.9. The Labute approximate surface area is 266 Å². The predicted octanol–water partition coefficient (Wildman–Crippen LogP) is 10.3. The average molecular weight is 665 g/mol. The summed E-state index contributed by atoms with van der Waals surface area (Å²) in [5, 5.41) is 9.65. The summed E-state index contributed by atoms with van der Waals surface area (Å²) < 4.78 is 143. The summed E-state index contributed by atoms with van der Waals surface area (Å²) >= 11 is 0. The first-order valence-corrected chi connectivity index (χ1v) is 21.6. The lowest BCUT2D eigenvalue weighted by Crippen LogP contribution is -2.55.